The molecule has 0 aromatic carbocycles. The van der Waals surface area contributed by atoms with Crippen molar-refractivity contribution in [3.05, 3.63) is 29.9 Å². The Labute approximate surface area is 76.3 Å². The van der Waals surface area contributed by atoms with Gasteiger partial charge in [0.2, 0.25) is 5.95 Å². The predicted molar refractivity (Wildman–Crippen MR) is 51.3 cm³/mol. The molecule has 0 saturated carbocycles. The second kappa shape index (κ2) is 4.57. The third-order valence-electron chi connectivity index (χ3n) is 1.53. The van der Waals surface area contributed by atoms with E-state index in [0.29, 0.717) is 6.54 Å². The van der Waals surface area contributed by atoms with Crippen molar-refractivity contribution in [2.75, 3.05) is 12.3 Å². The van der Waals surface area contributed by atoms with Gasteiger partial charge in [-0.25, -0.2) is 4.98 Å². The SMILES string of the molecule is NCCC=Cc1cnc(F)c(N)c1. The Morgan fingerprint density at radius 3 is 2.92 bits per heavy atom. The molecule has 1 rings (SSSR count). The minimum absolute atomic E-state index is 0.0647. The number of rotatable bonds is 3. The second-order valence-electron chi connectivity index (χ2n) is 2.63. The molecule has 0 amide bonds. The van der Waals surface area contributed by atoms with Gasteiger partial charge in [0.25, 0.3) is 0 Å². The lowest BCUT2D eigenvalue weighted by Crippen LogP contribution is -1.96. The summed E-state index contributed by atoms with van der Waals surface area (Å²) in [7, 11) is 0. The van der Waals surface area contributed by atoms with E-state index >= 15 is 0 Å². The summed E-state index contributed by atoms with van der Waals surface area (Å²) < 4.78 is 12.6. The number of anilines is 1. The van der Waals surface area contributed by atoms with Gasteiger partial charge in [-0.05, 0) is 24.6 Å². The number of halogens is 1. The van der Waals surface area contributed by atoms with Crippen LogP contribution in [-0.4, -0.2) is 11.5 Å². The Kier molecular flexibility index (Phi) is 3.40. The number of nitrogens with two attached hydrogens (primary N) is 2. The number of nitrogens with zero attached hydrogens (tertiary/aromatic N) is 1. The van der Waals surface area contributed by atoms with Crippen LogP contribution >= 0.6 is 0 Å². The molecule has 0 fully saturated rings. The molecule has 0 bridgehead atoms. The van der Waals surface area contributed by atoms with Crippen molar-refractivity contribution in [2.45, 2.75) is 6.42 Å². The van der Waals surface area contributed by atoms with E-state index in [9.17, 15) is 4.39 Å². The molecular weight excluding hydrogens is 169 g/mol. The molecule has 13 heavy (non-hydrogen) atoms. The van der Waals surface area contributed by atoms with Crippen LogP contribution in [0.1, 0.15) is 12.0 Å². The zero-order chi connectivity index (χ0) is 9.68. The second-order valence-corrected chi connectivity index (χ2v) is 2.63. The Morgan fingerprint density at radius 2 is 2.31 bits per heavy atom. The lowest BCUT2D eigenvalue weighted by molar-refractivity contribution is 0.588. The van der Waals surface area contributed by atoms with Crippen molar-refractivity contribution in [2.24, 2.45) is 5.73 Å². The van der Waals surface area contributed by atoms with E-state index in [4.69, 9.17) is 11.5 Å². The van der Waals surface area contributed by atoms with Crippen LogP contribution in [-0.2, 0) is 0 Å². The molecule has 0 aliphatic rings. The molecule has 1 aromatic rings. The molecule has 4 heteroatoms. The minimum Gasteiger partial charge on any atom is -0.395 e. The zero-order valence-corrected chi connectivity index (χ0v) is 7.20. The van der Waals surface area contributed by atoms with Crippen LogP contribution < -0.4 is 11.5 Å². The van der Waals surface area contributed by atoms with Crippen LogP contribution in [0.4, 0.5) is 10.1 Å². The van der Waals surface area contributed by atoms with Gasteiger partial charge in [0, 0.05) is 6.20 Å². The van der Waals surface area contributed by atoms with Gasteiger partial charge in [0.15, 0.2) is 0 Å². The molecular formula is C9H12FN3. The first-order valence-electron chi connectivity index (χ1n) is 4.01. The molecule has 0 radical (unpaired) electrons. The molecule has 70 valence electrons. The normalized spacial score (nSPS) is 10.9. The number of hydrogen-bond acceptors (Lipinski definition) is 3. The maximum atomic E-state index is 12.6. The van der Waals surface area contributed by atoms with Crippen molar-refractivity contribution in [3.63, 3.8) is 0 Å². The fourth-order valence-corrected chi connectivity index (χ4v) is 0.889. The van der Waals surface area contributed by atoms with Crippen molar-refractivity contribution >= 4 is 11.8 Å². The Bertz CT molecular complexity index is 310. The number of nitrogen functional groups attached to an aromatic ring is 1. The first kappa shape index (κ1) is 9.67. The van der Waals surface area contributed by atoms with E-state index in [-0.39, 0.29) is 5.69 Å². The summed E-state index contributed by atoms with van der Waals surface area (Å²) in [6.45, 7) is 0.598. The fraction of sp³-hybridized carbons (Fsp3) is 0.222. The molecule has 4 N–H and O–H groups in total. The summed E-state index contributed by atoms with van der Waals surface area (Å²) in [6, 6.07) is 1.54. The van der Waals surface area contributed by atoms with Gasteiger partial charge >= 0.3 is 0 Å². The maximum absolute atomic E-state index is 12.6. The van der Waals surface area contributed by atoms with Crippen LogP contribution in [0.25, 0.3) is 6.08 Å². The molecule has 3 nitrogen and oxygen atoms in total. The molecule has 0 spiro atoms. The zero-order valence-electron chi connectivity index (χ0n) is 7.20. The van der Waals surface area contributed by atoms with E-state index in [1.165, 1.54) is 12.3 Å². The smallest absolute Gasteiger partial charge is 0.236 e. The quantitative estimate of drug-likeness (QED) is 0.688. The first-order chi connectivity index (χ1) is 6.24. The predicted octanol–water partition coefficient (Wildman–Crippen LogP) is 1.16. The van der Waals surface area contributed by atoms with Gasteiger partial charge in [0.1, 0.15) is 0 Å². The number of aromatic nitrogens is 1. The van der Waals surface area contributed by atoms with E-state index in [0.717, 1.165) is 12.0 Å². The first-order valence-corrected chi connectivity index (χ1v) is 4.01. The van der Waals surface area contributed by atoms with Gasteiger partial charge in [0.05, 0.1) is 5.69 Å². The fourth-order valence-electron chi connectivity index (χ4n) is 0.889. The third-order valence-corrected chi connectivity index (χ3v) is 1.53. The van der Waals surface area contributed by atoms with Crippen LogP contribution in [0.3, 0.4) is 0 Å². The lowest BCUT2D eigenvalue weighted by atomic mass is 10.2. The van der Waals surface area contributed by atoms with Gasteiger partial charge in [-0.3, -0.25) is 0 Å². The molecule has 0 unspecified atom stereocenters. The molecule has 0 atom stereocenters. The Morgan fingerprint density at radius 1 is 1.54 bits per heavy atom. The van der Waals surface area contributed by atoms with Crippen LogP contribution in [0, 0.1) is 5.95 Å². The molecule has 0 aliphatic carbocycles. The van der Waals surface area contributed by atoms with Crippen LogP contribution in [0.5, 0.6) is 0 Å². The Balaban J connectivity index is 2.73. The van der Waals surface area contributed by atoms with Crippen molar-refractivity contribution in [3.8, 4) is 0 Å². The highest BCUT2D eigenvalue weighted by atomic mass is 19.1. The van der Waals surface area contributed by atoms with E-state index in [1.54, 1.807) is 0 Å². The van der Waals surface area contributed by atoms with Crippen molar-refractivity contribution in [1.29, 1.82) is 0 Å². The third kappa shape index (κ3) is 2.83. The highest BCUT2D eigenvalue weighted by molar-refractivity contribution is 5.53. The highest BCUT2D eigenvalue weighted by Crippen LogP contribution is 2.10. The molecule has 0 saturated heterocycles. The summed E-state index contributed by atoms with van der Waals surface area (Å²) in [5, 5.41) is 0. The topological polar surface area (TPSA) is 64.9 Å². The summed E-state index contributed by atoms with van der Waals surface area (Å²) in [6.07, 6.45) is 5.93. The number of pyridine rings is 1. The van der Waals surface area contributed by atoms with Gasteiger partial charge in [-0.1, -0.05) is 12.2 Å². The van der Waals surface area contributed by atoms with E-state index in [2.05, 4.69) is 4.98 Å². The van der Waals surface area contributed by atoms with Gasteiger partial charge < -0.3 is 11.5 Å². The average molecular weight is 181 g/mol. The average Bonchev–Trinajstić information content (AvgIpc) is 2.12. The number of hydrogen-bond donors (Lipinski definition) is 2. The Hall–Kier alpha value is -1.42. The van der Waals surface area contributed by atoms with Crippen LogP contribution in [0.2, 0.25) is 0 Å². The summed E-state index contributed by atoms with van der Waals surface area (Å²) in [5.74, 6) is -0.629. The minimum atomic E-state index is -0.629. The van der Waals surface area contributed by atoms with Crippen LogP contribution in [0.15, 0.2) is 18.3 Å². The largest absolute Gasteiger partial charge is 0.395 e. The van der Waals surface area contributed by atoms with Gasteiger partial charge in [-0.2, -0.15) is 4.39 Å². The van der Waals surface area contributed by atoms with Crippen molar-refractivity contribution in [1.82, 2.24) is 4.98 Å². The molecule has 0 aliphatic heterocycles. The lowest BCUT2D eigenvalue weighted by Gasteiger charge is -1.96. The monoisotopic (exact) mass is 181 g/mol. The summed E-state index contributed by atoms with van der Waals surface area (Å²) >= 11 is 0. The standard InChI is InChI=1S/C9H12FN3/c10-9-8(12)5-7(6-13-9)3-1-2-4-11/h1,3,5-6H,2,4,11-12H2. The van der Waals surface area contributed by atoms with E-state index in [1.807, 2.05) is 12.2 Å². The van der Waals surface area contributed by atoms with Crippen molar-refractivity contribution < 1.29 is 4.39 Å². The molecule has 1 heterocycles. The van der Waals surface area contributed by atoms with E-state index < -0.39 is 5.95 Å². The highest BCUT2D eigenvalue weighted by Gasteiger charge is 1.97. The molecule has 1 aromatic heterocycles. The van der Waals surface area contributed by atoms with Gasteiger partial charge in [-0.15, -0.1) is 0 Å². The summed E-state index contributed by atoms with van der Waals surface area (Å²) in [5.41, 5.74) is 11.5. The maximum Gasteiger partial charge on any atom is 0.236 e. The summed E-state index contributed by atoms with van der Waals surface area (Å²) in [4.78, 5) is 3.48.